The molecule has 0 N–H and O–H groups in total. The molecule has 1 heterocycles. The van der Waals surface area contributed by atoms with Gasteiger partial charge in [-0.1, -0.05) is 31.9 Å². The molecule has 0 amide bonds. The van der Waals surface area contributed by atoms with Crippen LogP contribution < -0.4 is 4.74 Å². The average molecular weight is 316 g/mol. The zero-order valence-corrected chi connectivity index (χ0v) is 15.3. The highest BCUT2D eigenvalue weighted by atomic mass is 16.5. The van der Waals surface area contributed by atoms with Crippen molar-refractivity contribution >= 4 is 0 Å². The Morgan fingerprint density at radius 3 is 2.70 bits per heavy atom. The van der Waals surface area contributed by atoms with E-state index >= 15 is 0 Å². The molecule has 23 heavy (non-hydrogen) atoms. The molecule has 2 aliphatic rings. The van der Waals surface area contributed by atoms with Crippen LogP contribution in [-0.4, -0.2) is 29.6 Å². The Labute approximate surface area is 142 Å². The van der Waals surface area contributed by atoms with E-state index in [-0.39, 0.29) is 6.10 Å². The second kappa shape index (κ2) is 6.84. The summed E-state index contributed by atoms with van der Waals surface area (Å²) < 4.78 is 5.97. The molecule has 1 saturated heterocycles. The first-order valence-corrected chi connectivity index (χ1v) is 9.60. The SMILES string of the molecule is CCCC1(c2cccc(OC(C)C)c2)CCN(C2CCC2)C1C. The van der Waals surface area contributed by atoms with E-state index in [9.17, 15) is 0 Å². The fraction of sp³-hybridized carbons (Fsp3) is 0.714. The molecule has 1 aliphatic heterocycles. The third-order valence-corrected chi connectivity index (χ3v) is 6.13. The minimum atomic E-state index is 0.236. The van der Waals surface area contributed by atoms with Gasteiger partial charge in [-0.25, -0.2) is 0 Å². The second-order valence-electron chi connectivity index (χ2n) is 7.85. The number of hydrogen-bond donors (Lipinski definition) is 0. The van der Waals surface area contributed by atoms with E-state index < -0.39 is 0 Å². The fourth-order valence-corrected chi connectivity index (χ4v) is 4.73. The summed E-state index contributed by atoms with van der Waals surface area (Å²) in [4.78, 5) is 2.80. The first-order chi connectivity index (χ1) is 11.1. The van der Waals surface area contributed by atoms with Crippen LogP contribution in [-0.2, 0) is 5.41 Å². The highest BCUT2D eigenvalue weighted by molar-refractivity contribution is 5.36. The Hall–Kier alpha value is -1.02. The van der Waals surface area contributed by atoms with E-state index in [1.807, 2.05) is 0 Å². The zero-order chi connectivity index (χ0) is 16.4. The lowest BCUT2D eigenvalue weighted by atomic mass is 9.71. The van der Waals surface area contributed by atoms with E-state index in [1.165, 1.54) is 50.6 Å². The van der Waals surface area contributed by atoms with Gasteiger partial charge in [0.1, 0.15) is 5.75 Å². The van der Waals surface area contributed by atoms with Crippen LogP contribution in [0.4, 0.5) is 0 Å². The Balaban J connectivity index is 1.88. The van der Waals surface area contributed by atoms with Crippen molar-refractivity contribution in [2.45, 2.75) is 89.8 Å². The molecule has 2 heteroatoms. The van der Waals surface area contributed by atoms with Gasteiger partial charge in [-0.05, 0) is 70.7 Å². The molecular weight excluding hydrogens is 282 g/mol. The van der Waals surface area contributed by atoms with Crippen molar-refractivity contribution in [2.24, 2.45) is 0 Å². The highest BCUT2D eigenvalue weighted by Gasteiger charge is 2.48. The largest absolute Gasteiger partial charge is 0.491 e. The van der Waals surface area contributed by atoms with Crippen molar-refractivity contribution in [3.05, 3.63) is 29.8 Å². The number of likely N-dealkylation sites (tertiary alicyclic amines) is 1. The highest BCUT2D eigenvalue weighted by Crippen LogP contribution is 2.47. The molecule has 2 unspecified atom stereocenters. The van der Waals surface area contributed by atoms with Crippen LogP contribution in [0, 0.1) is 0 Å². The lowest BCUT2D eigenvalue weighted by Gasteiger charge is -2.42. The van der Waals surface area contributed by atoms with E-state index in [4.69, 9.17) is 4.74 Å². The third kappa shape index (κ3) is 3.15. The van der Waals surface area contributed by atoms with Crippen LogP contribution in [0.1, 0.15) is 71.8 Å². The molecule has 1 aromatic rings. The monoisotopic (exact) mass is 315 g/mol. The number of rotatable bonds is 6. The summed E-state index contributed by atoms with van der Waals surface area (Å²) >= 11 is 0. The maximum Gasteiger partial charge on any atom is 0.119 e. The summed E-state index contributed by atoms with van der Waals surface area (Å²) in [5.74, 6) is 1.03. The van der Waals surface area contributed by atoms with Gasteiger partial charge in [-0.2, -0.15) is 0 Å². The van der Waals surface area contributed by atoms with Gasteiger partial charge < -0.3 is 4.74 Å². The van der Waals surface area contributed by atoms with E-state index in [1.54, 1.807) is 0 Å². The number of nitrogens with zero attached hydrogens (tertiary/aromatic N) is 1. The molecule has 1 aliphatic carbocycles. The van der Waals surface area contributed by atoms with Gasteiger partial charge in [0.2, 0.25) is 0 Å². The van der Waals surface area contributed by atoms with Crippen molar-refractivity contribution in [1.29, 1.82) is 0 Å². The van der Waals surface area contributed by atoms with Crippen molar-refractivity contribution < 1.29 is 4.74 Å². The van der Waals surface area contributed by atoms with Gasteiger partial charge in [0.15, 0.2) is 0 Å². The summed E-state index contributed by atoms with van der Waals surface area (Å²) in [5.41, 5.74) is 1.80. The molecule has 2 nitrogen and oxygen atoms in total. The average Bonchev–Trinajstić information content (AvgIpc) is 2.76. The summed E-state index contributed by atoms with van der Waals surface area (Å²) in [7, 11) is 0. The van der Waals surface area contributed by atoms with Gasteiger partial charge in [0, 0.05) is 17.5 Å². The molecule has 0 spiro atoms. The van der Waals surface area contributed by atoms with Crippen LogP contribution in [0.25, 0.3) is 0 Å². The minimum absolute atomic E-state index is 0.236. The van der Waals surface area contributed by atoms with Crippen LogP contribution in [0.15, 0.2) is 24.3 Å². The Morgan fingerprint density at radius 2 is 2.09 bits per heavy atom. The molecule has 128 valence electrons. The first kappa shape index (κ1) is 16.8. The van der Waals surface area contributed by atoms with Gasteiger partial charge in [0.25, 0.3) is 0 Å². The van der Waals surface area contributed by atoms with Crippen molar-refractivity contribution in [1.82, 2.24) is 4.90 Å². The predicted molar refractivity (Wildman–Crippen MR) is 97.2 cm³/mol. The van der Waals surface area contributed by atoms with Crippen molar-refractivity contribution in [3.63, 3.8) is 0 Å². The molecular formula is C21H33NO. The van der Waals surface area contributed by atoms with Crippen molar-refractivity contribution in [3.8, 4) is 5.75 Å². The predicted octanol–water partition coefficient (Wildman–Crippen LogP) is 5.16. The molecule has 2 atom stereocenters. The van der Waals surface area contributed by atoms with E-state index in [0.29, 0.717) is 11.5 Å². The Morgan fingerprint density at radius 1 is 1.30 bits per heavy atom. The van der Waals surface area contributed by atoms with Gasteiger partial charge in [-0.3, -0.25) is 4.90 Å². The molecule has 0 aromatic heterocycles. The zero-order valence-electron chi connectivity index (χ0n) is 15.3. The molecule has 1 saturated carbocycles. The summed E-state index contributed by atoms with van der Waals surface area (Å²) in [6.45, 7) is 10.3. The Kier molecular flexibility index (Phi) is 5.01. The summed E-state index contributed by atoms with van der Waals surface area (Å²) in [6.07, 6.45) is 8.29. The first-order valence-electron chi connectivity index (χ1n) is 9.60. The van der Waals surface area contributed by atoms with Gasteiger partial charge >= 0.3 is 0 Å². The van der Waals surface area contributed by atoms with Crippen LogP contribution in [0.5, 0.6) is 5.75 Å². The molecule has 0 radical (unpaired) electrons. The fourth-order valence-electron chi connectivity index (χ4n) is 4.73. The lowest BCUT2D eigenvalue weighted by molar-refractivity contribution is 0.101. The molecule has 2 fully saturated rings. The minimum Gasteiger partial charge on any atom is -0.491 e. The lowest BCUT2D eigenvalue weighted by Crippen LogP contribution is -2.47. The molecule has 0 bridgehead atoms. The quantitative estimate of drug-likeness (QED) is 0.719. The standard InChI is InChI=1S/C21H33NO/c1-5-12-21(13-14-22(17(21)4)19-9-7-10-19)18-8-6-11-20(15-18)23-16(2)3/h6,8,11,15-17,19H,5,7,9-10,12-14H2,1-4H3. The smallest absolute Gasteiger partial charge is 0.119 e. The maximum atomic E-state index is 5.97. The van der Waals surface area contributed by atoms with Crippen molar-refractivity contribution in [2.75, 3.05) is 6.54 Å². The van der Waals surface area contributed by atoms with Gasteiger partial charge in [-0.15, -0.1) is 0 Å². The number of benzene rings is 1. The van der Waals surface area contributed by atoms with Crippen LogP contribution in [0.3, 0.4) is 0 Å². The van der Waals surface area contributed by atoms with Crippen LogP contribution >= 0.6 is 0 Å². The number of hydrogen-bond acceptors (Lipinski definition) is 2. The van der Waals surface area contributed by atoms with Crippen LogP contribution in [0.2, 0.25) is 0 Å². The van der Waals surface area contributed by atoms with E-state index in [0.717, 1.165) is 11.8 Å². The summed E-state index contributed by atoms with van der Waals surface area (Å²) in [6, 6.07) is 10.4. The third-order valence-electron chi connectivity index (χ3n) is 6.13. The molecule has 1 aromatic carbocycles. The topological polar surface area (TPSA) is 12.5 Å². The Bertz CT molecular complexity index is 522. The second-order valence-corrected chi connectivity index (χ2v) is 7.85. The molecule has 3 rings (SSSR count). The summed E-state index contributed by atoms with van der Waals surface area (Å²) in [5, 5.41) is 0. The normalized spacial score (nSPS) is 29.0. The maximum absolute atomic E-state index is 5.97. The number of ether oxygens (including phenoxy) is 1. The van der Waals surface area contributed by atoms with Gasteiger partial charge in [0.05, 0.1) is 6.10 Å². The van der Waals surface area contributed by atoms with E-state index in [2.05, 4.69) is 56.9 Å².